The maximum atomic E-state index is 10.7. The molecule has 0 aliphatic rings. The Kier molecular flexibility index (Phi) is 8.43. The van der Waals surface area contributed by atoms with Gasteiger partial charge in [-0.3, -0.25) is 9.59 Å². The number of thioether (sulfide) groups is 1. The summed E-state index contributed by atoms with van der Waals surface area (Å²) in [5.41, 5.74) is 5.30. The van der Waals surface area contributed by atoms with Crippen LogP contribution in [0.3, 0.4) is 0 Å². The van der Waals surface area contributed by atoms with Gasteiger partial charge in [-0.1, -0.05) is 6.42 Å². The predicted molar refractivity (Wildman–Crippen MR) is 64.0 cm³/mol. The Morgan fingerprint density at radius 3 is 2.29 bits per heavy atom. The van der Waals surface area contributed by atoms with Crippen LogP contribution < -0.4 is 5.73 Å². The van der Waals surface area contributed by atoms with Crippen LogP contribution in [0.25, 0.3) is 0 Å². The fraction of sp³-hybridized carbons (Fsp3) is 0.700. The Bertz CT molecular complexity index is 282. The second-order valence-electron chi connectivity index (χ2n) is 3.56. The number of carbonyl (C=O) groups excluding carboxylic acids is 1. The molecule has 0 aromatic carbocycles. The van der Waals surface area contributed by atoms with Crippen LogP contribution in [0.4, 0.5) is 0 Å². The van der Waals surface area contributed by atoms with Crippen molar-refractivity contribution in [2.45, 2.75) is 31.7 Å². The Morgan fingerprint density at radius 2 is 1.76 bits per heavy atom. The van der Waals surface area contributed by atoms with Gasteiger partial charge in [-0.25, -0.2) is 4.79 Å². The van der Waals surface area contributed by atoms with Crippen LogP contribution >= 0.6 is 11.8 Å². The van der Waals surface area contributed by atoms with E-state index in [1.54, 1.807) is 0 Å². The molecule has 0 aromatic heterocycles. The third-order valence-corrected chi connectivity index (χ3v) is 3.22. The number of unbranched alkanes of at least 4 members (excludes halogenated alkanes) is 2. The first-order valence-electron chi connectivity index (χ1n) is 5.27. The van der Waals surface area contributed by atoms with E-state index in [2.05, 4.69) is 0 Å². The first-order chi connectivity index (χ1) is 7.95. The summed E-state index contributed by atoms with van der Waals surface area (Å²) < 4.78 is 0. The molecule has 0 fully saturated rings. The zero-order chi connectivity index (χ0) is 13.3. The van der Waals surface area contributed by atoms with E-state index >= 15 is 0 Å². The minimum Gasteiger partial charge on any atom is -0.480 e. The lowest BCUT2D eigenvalue weighted by atomic mass is 10.1. The van der Waals surface area contributed by atoms with Gasteiger partial charge in [0, 0.05) is 12.2 Å². The lowest BCUT2D eigenvalue weighted by Gasteiger charge is -2.05. The lowest BCUT2D eigenvalue weighted by Crippen LogP contribution is -2.32. The van der Waals surface area contributed by atoms with Crippen molar-refractivity contribution in [1.29, 1.82) is 0 Å². The molecule has 0 heterocycles. The minimum atomic E-state index is -1.38. The number of carbonyl (C=O) groups is 3. The van der Waals surface area contributed by atoms with E-state index in [4.69, 9.17) is 15.9 Å². The number of Topliss-reactive ketones (excluding diaryl/α,β-unsaturated/α-hetero) is 1. The molecule has 0 aliphatic carbocycles. The molecule has 0 saturated carbocycles. The summed E-state index contributed by atoms with van der Waals surface area (Å²) in [5, 5.41) is 16.8. The average Bonchev–Trinajstić information content (AvgIpc) is 2.26. The quantitative estimate of drug-likeness (QED) is 0.384. The summed E-state index contributed by atoms with van der Waals surface area (Å²) in [6.07, 6.45) is 2.20. The van der Waals surface area contributed by atoms with E-state index in [-0.39, 0.29) is 6.42 Å². The van der Waals surface area contributed by atoms with E-state index in [1.807, 2.05) is 0 Å². The first kappa shape index (κ1) is 15.9. The molecule has 17 heavy (non-hydrogen) atoms. The topological polar surface area (TPSA) is 118 Å². The highest BCUT2D eigenvalue weighted by molar-refractivity contribution is 7.99. The van der Waals surface area contributed by atoms with Gasteiger partial charge in [0.05, 0.1) is 0 Å². The first-order valence-corrected chi connectivity index (χ1v) is 6.43. The van der Waals surface area contributed by atoms with Crippen molar-refractivity contribution in [2.24, 2.45) is 5.73 Å². The SMILES string of the molecule is NC(CSCCCCCC(=O)C(=O)O)C(=O)O. The van der Waals surface area contributed by atoms with Crippen molar-refractivity contribution < 1.29 is 24.6 Å². The minimum absolute atomic E-state index is 0.0641. The maximum absolute atomic E-state index is 10.7. The molecule has 1 unspecified atom stereocenters. The molecule has 98 valence electrons. The molecule has 0 aromatic rings. The number of hydrogen-bond acceptors (Lipinski definition) is 5. The van der Waals surface area contributed by atoms with Gasteiger partial charge in [-0.15, -0.1) is 0 Å². The van der Waals surface area contributed by atoms with E-state index in [9.17, 15) is 14.4 Å². The van der Waals surface area contributed by atoms with Crippen molar-refractivity contribution in [1.82, 2.24) is 0 Å². The Hall–Kier alpha value is -1.08. The van der Waals surface area contributed by atoms with Crippen molar-refractivity contribution in [3.63, 3.8) is 0 Å². The highest BCUT2D eigenvalue weighted by Gasteiger charge is 2.11. The molecule has 0 bridgehead atoms. The number of aliphatic carboxylic acids is 2. The second kappa shape index (κ2) is 9.00. The Balaban J connectivity index is 3.33. The van der Waals surface area contributed by atoms with Gasteiger partial charge in [0.1, 0.15) is 6.04 Å². The maximum Gasteiger partial charge on any atom is 0.372 e. The molecule has 6 nitrogen and oxygen atoms in total. The standard InChI is InChI=1S/C10H17NO5S/c11-7(9(13)14)6-17-5-3-1-2-4-8(12)10(15)16/h7H,1-6,11H2,(H,13,14)(H,15,16). The number of nitrogens with two attached hydrogens (primary N) is 1. The van der Waals surface area contributed by atoms with Gasteiger partial charge in [0.2, 0.25) is 5.78 Å². The molecule has 0 amide bonds. The van der Waals surface area contributed by atoms with Crippen LogP contribution in [-0.2, 0) is 14.4 Å². The summed E-state index contributed by atoms with van der Waals surface area (Å²) in [6.45, 7) is 0. The van der Waals surface area contributed by atoms with E-state index in [0.29, 0.717) is 12.2 Å². The van der Waals surface area contributed by atoms with Crippen molar-refractivity contribution in [3.05, 3.63) is 0 Å². The molecule has 7 heteroatoms. The molecule has 0 spiro atoms. The Morgan fingerprint density at radius 1 is 1.12 bits per heavy atom. The summed E-state index contributed by atoms with van der Waals surface area (Å²) in [4.78, 5) is 31.3. The monoisotopic (exact) mass is 263 g/mol. The molecular weight excluding hydrogens is 246 g/mol. The number of hydrogen-bond donors (Lipinski definition) is 3. The van der Waals surface area contributed by atoms with Gasteiger partial charge in [0.25, 0.3) is 0 Å². The van der Waals surface area contributed by atoms with Gasteiger partial charge in [0.15, 0.2) is 0 Å². The fourth-order valence-electron chi connectivity index (χ4n) is 1.05. The summed E-state index contributed by atoms with van der Waals surface area (Å²) in [6, 6.07) is -0.839. The molecule has 4 N–H and O–H groups in total. The van der Waals surface area contributed by atoms with Gasteiger partial charge >= 0.3 is 11.9 Å². The van der Waals surface area contributed by atoms with Crippen LogP contribution in [0.1, 0.15) is 25.7 Å². The lowest BCUT2D eigenvalue weighted by molar-refractivity contribution is -0.149. The van der Waals surface area contributed by atoms with Gasteiger partial charge < -0.3 is 15.9 Å². The van der Waals surface area contributed by atoms with E-state index < -0.39 is 23.8 Å². The number of ketones is 1. The van der Waals surface area contributed by atoms with Crippen LogP contribution in [0.15, 0.2) is 0 Å². The molecule has 0 rings (SSSR count). The van der Waals surface area contributed by atoms with Crippen LogP contribution in [0.2, 0.25) is 0 Å². The zero-order valence-corrected chi connectivity index (χ0v) is 10.2. The summed E-state index contributed by atoms with van der Waals surface area (Å²) >= 11 is 1.45. The average molecular weight is 263 g/mol. The number of rotatable bonds is 10. The number of carboxylic acid groups (broad SMARTS) is 2. The van der Waals surface area contributed by atoms with Crippen LogP contribution in [0, 0.1) is 0 Å². The van der Waals surface area contributed by atoms with E-state index in [1.165, 1.54) is 11.8 Å². The summed E-state index contributed by atoms with van der Waals surface area (Å²) in [7, 11) is 0. The smallest absolute Gasteiger partial charge is 0.372 e. The molecule has 1 atom stereocenters. The summed E-state index contributed by atoms with van der Waals surface area (Å²) in [5.74, 6) is -2.02. The van der Waals surface area contributed by atoms with Crippen molar-refractivity contribution in [2.75, 3.05) is 11.5 Å². The normalized spacial score (nSPS) is 12.1. The largest absolute Gasteiger partial charge is 0.480 e. The third-order valence-electron chi connectivity index (χ3n) is 2.05. The highest BCUT2D eigenvalue weighted by Crippen LogP contribution is 2.08. The number of carboxylic acids is 2. The molecular formula is C10H17NO5S. The van der Waals surface area contributed by atoms with E-state index in [0.717, 1.165) is 18.6 Å². The fourth-order valence-corrected chi connectivity index (χ4v) is 2.03. The molecule has 0 aliphatic heterocycles. The van der Waals surface area contributed by atoms with Crippen molar-refractivity contribution >= 4 is 29.5 Å². The van der Waals surface area contributed by atoms with Crippen LogP contribution in [-0.4, -0.2) is 45.5 Å². The van der Waals surface area contributed by atoms with Crippen molar-refractivity contribution in [3.8, 4) is 0 Å². The van der Waals surface area contributed by atoms with Gasteiger partial charge in [-0.2, -0.15) is 11.8 Å². The molecule has 0 radical (unpaired) electrons. The second-order valence-corrected chi connectivity index (χ2v) is 4.71. The zero-order valence-electron chi connectivity index (χ0n) is 9.42. The van der Waals surface area contributed by atoms with Gasteiger partial charge in [-0.05, 0) is 18.6 Å². The third kappa shape index (κ3) is 8.70. The molecule has 0 saturated heterocycles. The highest BCUT2D eigenvalue weighted by atomic mass is 32.2. The van der Waals surface area contributed by atoms with Crippen LogP contribution in [0.5, 0.6) is 0 Å². The predicted octanol–water partition coefficient (Wildman–Crippen LogP) is 0.346. The Labute approximate surface area is 104 Å².